The van der Waals surface area contributed by atoms with Crippen molar-refractivity contribution in [1.82, 2.24) is 4.72 Å². The Morgan fingerprint density at radius 2 is 1.81 bits per heavy atom. The minimum absolute atomic E-state index is 0.00694. The Bertz CT molecular complexity index is 1090. The van der Waals surface area contributed by atoms with Crippen LogP contribution in [0.25, 0.3) is 0 Å². The minimum Gasteiger partial charge on any atom is -0.490 e. The van der Waals surface area contributed by atoms with Crippen molar-refractivity contribution in [2.45, 2.75) is 36.0 Å². The molecule has 2 aromatic carbocycles. The van der Waals surface area contributed by atoms with E-state index in [-0.39, 0.29) is 22.6 Å². The van der Waals surface area contributed by atoms with E-state index < -0.39 is 20.6 Å². The molecule has 1 fully saturated rings. The van der Waals surface area contributed by atoms with Gasteiger partial charge in [0.1, 0.15) is 13.2 Å². The number of nitrogens with zero attached hydrogens (tertiary/aromatic N) is 1. The molecule has 0 spiro atoms. The molecule has 166 valence electrons. The van der Waals surface area contributed by atoms with Crippen molar-refractivity contribution >= 4 is 15.7 Å². The number of nitro groups is 1. The van der Waals surface area contributed by atoms with Gasteiger partial charge in [0.2, 0.25) is 10.0 Å². The molecule has 1 N–H and O–H groups in total. The molecule has 31 heavy (non-hydrogen) atoms. The van der Waals surface area contributed by atoms with E-state index in [0.29, 0.717) is 24.7 Å². The number of methoxy groups -OCH3 is 1. The Kier molecular flexibility index (Phi) is 5.76. The van der Waals surface area contributed by atoms with Crippen LogP contribution in [-0.2, 0) is 15.4 Å². The third-order valence-electron chi connectivity index (χ3n) is 5.97. The quantitative estimate of drug-likeness (QED) is 0.511. The van der Waals surface area contributed by atoms with E-state index in [2.05, 4.69) is 4.72 Å². The summed E-state index contributed by atoms with van der Waals surface area (Å²) >= 11 is 0. The number of nitrogens with one attached hydrogen (secondary N) is 1. The average molecular weight is 448 g/mol. The highest BCUT2D eigenvalue weighted by molar-refractivity contribution is 7.89. The zero-order chi connectivity index (χ0) is 22.1. The first kappa shape index (κ1) is 21.4. The van der Waals surface area contributed by atoms with Crippen LogP contribution in [0.2, 0.25) is 0 Å². The van der Waals surface area contributed by atoms with Crippen LogP contribution in [-0.4, -0.2) is 40.2 Å². The Morgan fingerprint density at radius 3 is 2.48 bits per heavy atom. The van der Waals surface area contributed by atoms with Gasteiger partial charge in [-0.2, -0.15) is 0 Å². The first-order valence-corrected chi connectivity index (χ1v) is 11.6. The molecule has 0 unspecified atom stereocenters. The van der Waals surface area contributed by atoms with Crippen LogP contribution in [0.1, 0.15) is 31.2 Å². The molecule has 0 saturated heterocycles. The molecule has 1 saturated carbocycles. The summed E-state index contributed by atoms with van der Waals surface area (Å²) in [7, 11) is -2.66. The fraction of sp³-hybridized carbons (Fsp3) is 0.429. The van der Waals surface area contributed by atoms with Crippen molar-refractivity contribution in [1.29, 1.82) is 0 Å². The Labute approximate surface area is 180 Å². The third-order valence-corrected chi connectivity index (χ3v) is 7.37. The summed E-state index contributed by atoms with van der Waals surface area (Å²) in [4.78, 5) is 10.4. The number of ether oxygens (including phenoxy) is 3. The molecule has 1 heterocycles. The molecule has 4 rings (SSSR count). The molecule has 0 aromatic heterocycles. The van der Waals surface area contributed by atoms with E-state index in [1.54, 1.807) is 0 Å². The lowest BCUT2D eigenvalue weighted by atomic mass is 9.79. The number of nitro benzene ring substituents is 1. The number of hydrogen-bond donors (Lipinski definition) is 1. The van der Waals surface area contributed by atoms with Crippen LogP contribution in [0.5, 0.6) is 17.2 Å². The third kappa shape index (κ3) is 4.17. The van der Waals surface area contributed by atoms with E-state index >= 15 is 0 Å². The second kappa shape index (κ2) is 8.35. The van der Waals surface area contributed by atoms with Gasteiger partial charge in [-0.05, 0) is 42.7 Å². The van der Waals surface area contributed by atoms with Crippen molar-refractivity contribution in [2.24, 2.45) is 0 Å². The molecule has 9 nitrogen and oxygen atoms in total. The Hall–Kier alpha value is -2.85. The highest BCUT2D eigenvalue weighted by atomic mass is 32.2. The second-order valence-electron chi connectivity index (χ2n) is 7.76. The molecule has 1 aliphatic carbocycles. The molecule has 2 aliphatic rings. The average Bonchev–Trinajstić information content (AvgIpc) is 3.27. The monoisotopic (exact) mass is 448 g/mol. The van der Waals surface area contributed by atoms with Crippen LogP contribution in [0.15, 0.2) is 41.3 Å². The minimum atomic E-state index is -3.96. The second-order valence-corrected chi connectivity index (χ2v) is 9.53. The highest BCUT2D eigenvalue weighted by Gasteiger charge is 2.38. The standard InChI is InChI=1S/C21H24N2O7S/c1-28-18-7-5-16(13-17(18)23(24)25)31(26,27)22-14-21(8-2-3-9-21)15-4-6-19-20(12-15)30-11-10-29-19/h4-7,12-13,22H,2-3,8-11,14H2,1H3. The van der Waals surface area contributed by atoms with Gasteiger partial charge in [-0.25, -0.2) is 13.1 Å². The number of benzene rings is 2. The van der Waals surface area contributed by atoms with Crippen LogP contribution in [0.4, 0.5) is 5.69 Å². The van der Waals surface area contributed by atoms with Gasteiger partial charge < -0.3 is 14.2 Å². The van der Waals surface area contributed by atoms with E-state index in [0.717, 1.165) is 37.3 Å². The molecular formula is C21H24N2O7S. The lowest BCUT2D eigenvalue weighted by Crippen LogP contribution is -2.39. The van der Waals surface area contributed by atoms with Gasteiger partial charge in [0.25, 0.3) is 0 Å². The van der Waals surface area contributed by atoms with Gasteiger partial charge in [-0.1, -0.05) is 18.9 Å². The molecule has 0 bridgehead atoms. The van der Waals surface area contributed by atoms with Crippen molar-refractivity contribution in [3.05, 3.63) is 52.1 Å². The van der Waals surface area contributed by atoms with E-state index in [4.69, 9.17) is 14.2 Å². The van der Waals surface area contributed by atoms with Crippen LogP contribution in [0, 0.1) is 10.1 Å². The smallest absolute Gasteiger partial charge is 0.312 e. The molecular weight excluding hydrogens is 424 g/mol. The summed E-state index contributed by atoms with van der Waals surface area (Å²) in [6, 6.07) is 9.38. The fourth-order valence-electron chi connectivity index (χ4n) is 4.29. The van der Waals surface area contributed by atoms with Gasteiger partial charge >= 0.3 is 5.69 Å². The lowest BCUT2D eigenvalue weighted by Gasteiger charge is -2.31. The van der Waals surface area contributed by atoms with Gasteiger partial charge in [0.15, 0.2) is 17.2 Å². The van der Waals surface area contributed by atoms with Gasteiger partial charge in [-0.15, -0.1) is 0 Å². The van der Waals surface area contributed by atoms with Crippen molar-refractivity contribution in [3.63, 3.8) is 0 Å². The predicted octanol–water partition coefficient (Wildman–Crippen LogP) is 3.16. The van der Waals surface area contributed by atoms with Crippen molar-refractivity contribution < 1.29 is 27.6 Å². The number of rotatable bonds is 7. The fourth-order valence-corrected chi connectivity index (χ4v) is 5.44. The molecule has 1 aliphatic heterocycles. The molecule has 2 aromatic rings. The first-order chi connectivity index (χ1) is 14.8. The molecule has 0 amide bonds. The van der Waals surface area contributed by atoms with Gasteiger partial charge in [0, 0.05) is 18.0 Å². The number of fused-ring (bicyclic) bond motifs is 1. The Balaban J connectivity index is 1.60. The van der Waals surface area contributed by atoms with Gasteiger partial charge in [0.05, 0.1) is 16.9 Å². The molecule has 10 heteroatoms. The summed E-state index contributed by atoms with van der Waals surface area (Å²) < 4.78 is 44.8. The largest absolute Gasteiger partial charge is 0.490 e. The van der Waals surface area contributed by atoms with Crippen molar-refractivity contribution in [3.8, 4) is 17.2 Å². The highest BCUT2D eigenvalue weighted by Crippen LogP contribution is 2.44. The molecule has 0 radical (unpaired) electrons. The molecule has 0 atom stereocenters. The maximum atomic E-state index is 13.0. The summed E-state index contributed by atoms with van der Waals surface area (Å²) in [5.74, 6) is 1.37. The first-order valence-electron chi connectivity index (χ1n) is 10.1. The Morgan fingerprint density at radius 1 is 1.10 bits per heavy atom. The van der Waals surface area contributed by atoms with Crippen LogP contribution < -0.4 is 18.9 Å². The number of sulfonamides is 1. The predicted molar refractivity (Wildman–Crippen MR) is 112 cm³/mol. The SMILES string of the molecule is COc1ccc(S(=O)(=O)NCC2(c3ccc4c(c3)OCCO4)CCCC2)cc1[N+](=O)[O-]. The zero-order valence-corrected chi connectivity index (χ0v) is 17.9. The summed E-state index contributed by atoms with van der Waals surface area (Å²) in [6.07, 6.45) is 3.64. The zero-order valence-electron chi connectivity index (χ0n) is 17.1. The topological polar surface area (TPSA) is 117 Å². The normalized spacial score (nSPS) is 17.3. The van der Waals surface area contributed by atoms with E-state index in [1.165, 1.54) is 19.2 Å². The summed E-state index contributed by atoms with van der Waals surface area (Å²) in [6.45, 7) is 1.17. The maximum absolute atomic E-state index is 13.0. The van der Waals surface area contributed by atoms with Crippen LogP contribution in [0.3, 0.4) is 0 Å². The number of hydrogen-bond acceptors (Lipinski definition) is 7. The van der Waals surface area contributed by atoms with Gasteiger partial charge in [-0.3, -0.25) is 10.1 Å². The maximum Gasteiger partial charge on any atom is 0.312 e. The van der Waals surface area contributed by atoms with E-state index in [9.17, 15) is 18.5 Å². The van der Waals surface area contributed by atoms with Crippen LogP contribution >= 0.6 is 0 Å². The van der Waals surface area contributed by atoms with Crippen molar-refractivity contribution in [2.75, 3.05) is 26.9 Å². The summed E-state index contributed by atoms with van der Waals surface area (Å²) in [5, 5.41) is 11.3. The summed E-state index contributed by atoms with van der Waals surface area (Å²) in [5.41, 5.74) is 0.229. The lowest BCUT2D eigenvalue weighted by molar-refractivity contribution is -0.386. The van der Waals surface area contributed by atoms with E-state index in [1.807, 2.05) is 18.2 Å².